The molecule has 5 heterocycles. The smallest absolute Gasteiger partial charge is 0.252 e. The number of benzene rings is 2. The van der Waals surface area contributed by atoms with E-state index in [9.17, 15) is 0 Å². The van der Waals surface area contributed by atoms with E-state index in [1.165, 1.54) is 11.3 Å². The Morgan fingerprint density at radius 2 is 0.953 bits per heavy atom. The van der Waals surface area contributed by atoms with Gasteiger partial charge in [0, 0.05) is 22.5 Å². The summed E-state index contributed by atoms with van der Waals surface area (Å²) in [6.07, 6.45) is 0. The molecule has 0 fully saturated rings. The van der Waals surface area contributed by atoms with Crippen LogP contribution in [0.2, 0.25) is 0 Å². The Morgan fingerprint density at radius 1 is 0.558 bits per heavy atom. The SMILES string of the molecule is Cc1ccc(-c2nc(-c3nnc(-c4nc(-c5ccc(C)cc5)oc4-n4nc(C)cc4C)s3)c(-n3nc(C)cc3C)o2)cc1. The number of oxazole rings is 2. The van der Waals surface area contributed by atoms with E-state index in [1.807, 2.05) is 102 Å². The topological polar surface area (TPSA) is 113 Å². The normalized spacial score (nSPS) is 11.5. The molecule has 0 radical (unpaired) electrons. The predicted octanol–water partition coefficient (Wildman–Crippen LogP) is 7.40. The molecule has 0 atom stereocenters. The van der Waals surface area contributed by atoms with Gasteiger partial charge in [-0.05, 0) is 77.9 Å². The Hall–Kier alpha value is -5.16. The third kappa shape index (κ3) is 4.87. The molecule has 0 saturated heterocycles. The summed E-state index contributed by atoms with van der Waals surface area (Å²) < 4.78 is 16.2. The van der Waals surface area contributed by atoms with Gasteiger partial charge in [0.15, 0.2) is 21.4 Å². The van der Waals surface area contributed by atoms with Gasteiger partial charge in [-0.1, -0.05) is 46.7 Å². The zero-order valence-corrected chi connectivity index (χ0v) is 25.4. The molecule has 0 aliphatic carbocycles. The van der Waals surface area contributed by atoms with Crippen LogP contribution in [0.5, 0.6) is 0 Å². The zero-order chi connectivity index (χ0) is 29.8. The maximum atomic E-state index is 6.35. The minimum absolute atomic E-state index is 0.473. The van der Waals surface area contributed by atoms with Gasteiger partial charge in [0.2, 0.25) is 11.8 Å². The Balaban J connectivity index is 1.37. The van der Waals surface area contributed by atoms with Gasteiger partial charge in [-0.2, -0.15) is 10.2 Å². The van der Waals surface area contributed by atoms with Crippen LogP contribution >= 0.6 is 11.3 Å². The lowest BCUT2D eigenvalue weighted by molar-refractivity contribution is 0.525. The van der Waals surface area contributed by atoms with Gasteiger partial charge in [-0.25, -0.2) is 19.3 Å². The summed E-state index contributed by atoms with van der Waals surface area (Å²) >= 11 is 1.35. The minimum atomic E-state index is 0.473. The van der Waals surface area contributed by atoms with Gasteiger partial charge in [0.1, 0.15) is 0 Å². The van der Waals surface area contributed by atoms with Crippen molar-refractivity contribution in [3.05, 3.63) is 94.6 Å². The van der Waals surface area contributed by atoms with E-state index in [0.717, 1.165) is 45.0 Å². The Labute approximate surface area is 251 Å². The number of aromatic nitrogens is 8. The van der Waals surface area contributed by atoms with Crippen LogP contribution in [0.1, 0.15) is 33.9 Å². The van der Waals surface area contributed by atoms with Crippen molar-refractivity contribution >= 4 is 11.3 Å². The van der Waals surface area contributed by atoms with Crippen LogP contribution in [0.3, 0.4) is 0 Å². The molecule has 43 heavy (non-hydrogen) atoms. The third-order valence-corrected chi connectivity index (χ3v) is 7.99. The van der Waals surface area contributed by atoms with E-state index in [0.29, 0.717) is 45.0 Å². The summed E-state index contributed by atoms with van der Waals surface area (Å²) in [7, 11) is 0. The summed E-state index contributed by atoms with van der Waals surface area (Å²) in [4.78, 5) is 9.78. The van der Waals surface area contributed by atoms with E-state index >= 15 is 0 Å². The molecule has 5 aromatic heterocycles. The fraction of sp³-hybridized carbons (Fsp3) is 0.188. The van der Waals surface area contributed by atoms with Crippen LogP contribution in [0.25, 0.3) is 56.1 Å². The molecule has 214 valence electrons. The van der Waals surface area contributed by atoms with E-state index in [1.54, 1.807) is 9.36 Å². The monoisotopic (exact) mass is 588 g/mol. The molecule has 0 amide bonds. The van der Waals surface area contributed by atoms with Crippen molar-refractivity contribution in [2.75, 3.05) is 0 Å². The van der Waals surface area contributed by atoms with E-state index in [4.69, 9.17) is 18.8 Å². The second kappa shape index (κ2) is 10.3. The van der Waals surface area contributed by atoms with Crippen LogP contribution in [-0.2, 0) is 0 Å². The molecule has 0 aliphatic rings. The zero-order valence-electron chi connectivity index (χ0n) is 24.6. The van der Waals surface area contributed by atoms with E-state index in [2.05, 4.69) is 20.4 Å². The fourth-order valence-corrected chi connectivity index (χ4v) is 5.72. The molecule has 0 bridgehead atoms. The first-order chi connectivity index (χ1) is 20.7. The first-order valence-corrected chi connectivity index (χ1v) is 14.6. The van der Waals surface area contributed by atoms with Crippen LogP contribution in [0.4, 0.5) is 0 Å². The highest BCUT2D eigenvalue weighted by atomic mass is 32.1. The summed E-state index contributed by atoms with van der Waals surface area (Å²) in [5.74, 6) is 1.90. The largest absolute Gasteiger partial charge is 0.417 e. The molecule has 0 unspecified atom stereocenters. The lowest BCUT2D eigenvalue weighted by atomic mass is 10.1. The second-order valence-corrected chi connectivity index (χ2v) is 11.6. The number of nitrogens with zero attached hydrogens (tertiary/aromatic N) is 8. The highest BCUT2D eigenvalue weighted by Crippen LogP contribution is 2.39. The van der Waals surface area contributed by atoms with Crippen molar-refractivity contribution in [2.45, 2.75) is 41.5 Å². The first kappa shape index (κ1) is 26.7. The minimum Gasteiger partial charge on any atom is -0.417 e. The molecular formula is C32H28N8O2S. The average molecular weight is 589 g/mol. The molecule has 10 nitrogen and oxygen atoms in total. The molecule has 0 saturated carbocycles. The summed E-state index contributed by atoms with van der Waals surface area (Å²) in [5, 5.41) is 19.6. The van der Waals surface area contributed by atoms with Crippen molar-refractivity contribution in [2.24, 2.45) is 0 Å². The number of hydrogen-bond acceptors (Lipinski definition) is 9. The Morgan fingerprint density at radius 3 is 1.30 bits per heavy atom. The quantitative estimate of drug-likeness (QED) is 0.197. The van der Waals surface area contributed by atoms with Crippen molar-refractivity contribution in [3.8, 4) is 56.1 Å². The predicted molar refractivity (Wildman–Crippen MR) is 164 cm³/mol. The lowest BCUT2D eigenvalue weighted by Gasteiger charge is -2.01. The van der Waals surface area contributed by atoms with Gasteiger partial charge in [0.25, 0.3) is 11.8 Å². The Bertz CT molecular complexity index is 1940. The summed E-state index contributed by atoms with van der Waals surface area (Å²) in [5.41, 5.74) is 8.68. The molecule has 0 spiro atoms. The van der Waals surface area contributed by atoms with Crippen molar-refractivity contribution in [1.82, 2.24) is 39.7 Å². The standard InChI is InChI=1S/C32H28N8O2S/c1-17-7-11-23(12-8-17)27-33-25(31(41-27)39-21(5)15-19(3)37-39)29-35-36-30(43-29)26-32(40-22(6)16-20(4)38-40)42-28(34-26)24-13-9-18(2)10-14-24/h7-16H,1-6H3. The number of hydrogen-bond donors (Lipinski definition) is 0. The molecule has 0 aliphatic heterocycles. The summed E-state index contributed by atoms with van der Waals surface area (Å²) in [6, 6.07) is 20.1. The third-order valence-electron chi connectivity index (χ3n) is 7.05. The second-order valence-electron chi connectivity index (χ2n) is 10.7. The van der Waals surface area contributed by atoms with Gasteiger partial charge < -0.3 is 8.83 Å². The van der Waals surface area contributed by atoms with Crippen molar-refractivity contribution < 1.29 is 8.83 Å². The Kier molecular flexibility index (Phi) is 6.39. The van der Waals surface area contributed by atoms with Crippen LogP contribution in [0, 0.1) is 41.5 Å². The lowest BCUT2D eigenvalue weighted by Crippen LogP contribution is -1.99. The van der Waals surface area contributed by atoms with Crippen LogP contribution in [0.15, 0.2) is 69.5 Å². The van der Waals surface area contributed by atoms with Crippen LogP contribution in [-0.4, -0.2) is 39.7 Å². The maximum absolute atomic E-state index is 6.35. The van der Waals surface area contributed by atoms with Gasteiger partial charge in [-0.3, -0.25) is 0 Å². The number of aryl methyl sites for hydroxylation is 6. The fourth-order valence-electron chi connectivity index (χ4n) is 4.91. The first-order valence-electron chi connectivity index (χ1n) is 13.8. The molecule has 0 N–H and O–H groups in total. The van der Waals surface area contributed by atoms with E-state index < -0.39 is 0 Å². The highest BCUT2D eigenvalue weighted by Gasteiger charge is 2.27. The maximum Gasteiger partial charge on any atom is 0.252 e. The van der Waals surface area contributed by atoms with Gasteiger partial charge >= 0.3 is 0 Å². The van der Waals surface area contributed by atoms with Crippen molar-refractivity contribution in [1.29, 1.82) is 0 Å². The molecule has 7 aromatic rings. The van der Waals surface area contributed by atoms with Gasteiger partial charge in [-0.15, -0.1) is 10.2 Å². The van der Waals surface area contributed by atoms with Crippen molar-refractivity contribution in [3.63, 3.8) is 0 Å². The summed E-state index contributed by atoms with van der Waals surface area (Å²) in [6.45, 7) is 11.9. The molecule has 2 aromatic carbocycles. The molecule has 11 heteroatoms. The van der Waals surface area contributed by atoms with E-state index in [-0.39, 0.29) is 0 Å². The molecular weight excluding hydrogens is 560 g/mol. The highest BCUT2D eigenvalue weighted by molar-refractivity contribution is 7.17. The average Bonchev–Trinajstić information content (AvgIpc) is 3.80. The van der Waals surface area contributed by atoms with Crippen LogP contribution < -0.4 is 0 Å². The molecule has 7 rings (SSSR count). The number of rotatable bonds is 6. The van der Waals surface area contributed by atoms with Gasteiger partial charge in [0.05, 0.1) is 11.4 Å².